The molecule has 8 heteroatoms. The lowest BCUT2D eigenvalue weighted by Gasteiger charge is -2.37. The highest BCUT2D eigenvalue weighted by atomic mass is 19.3. The average molecular weight is 286 g/mol. The van der Waals surface area contributed by atoms with Crippen molar-refractivity contribution in [2.75, 3.05) is 12.3 Å². The number of hydrogen-bond acceptors (Lipinski definition) is 6. The number of carbonyl (C=O) groups is 1. The summed E-state index contributed by atoms with van der Waals surface area (Å²) < 4.78 is 31.8. The number of rotatable bonds is 3. The number of nitrogens with zero attached hydrogens (tertiary/aromatic N) is 3. The van der Waals surface area contributed by atoms with Crippen molar-refractivity contribution in [2.45, 2.75) is 43.9 Å². The number of nitrogen functional groups attached to an aromatic ring is 1. The van der Waals surface area contributed by atoms with Crippen LogP contribution >= 0.6 is 0 Å². The van der Waals surface area contributed by atoms with Crippen molar-refractivity contribution in [3.63, 3.8) is 0 Å². The first-order chi connectivity index (χ1) is 9.39. The van der Waals surface area contributed by atoms with E-state index in [-0.39, 0.29) is 31.1 Å². The van der Waals surface area contributed by atoms with Crippen molar-refractivity contribution in [1.82, 2.24) is 15.2 Å². The molecule has 1 aromatic rings. The fraction of sp³-hybridized carbons (Fsp3) is 0.667. The number of halogens is 2. The van der Waals surface area contributed by atoms with Crippen LogP contribution in [0.2, 0.25) is 0 Å². The lowest BCUT2D eigenvalue weighted by molar-refractivity contribution is -0.155. The summed E-state index contributed by atoms with van der Waals surface area (Å²) in [6.45, 7) is 1.83. The summed E-state index contributed by atoms with van der Waals surface area (Å²) in [4.78, 5) is 16.2. The van der Waals surface area contributed by atoms with E-state index in [1.54, 1.807) is 6.92 Å². The minimum absolute atomic E-state index is 0.0447. The monoisotopic (exact) mass is 286 g/mol. The van der Waals surface area contributed by atoms with Gasteiger partial charge in [-0.05, 0) is 19.8 Å². The molecule has 0 unspecified atom stereocenters. The van der Waals surface area contributed by atoms with Crippen LogP contribution in [-0.4, -0.2) is 33.7 Å². The third kappa shape index (κ3) is 2.68. The molecule has 20 heavy (non-hydrogen) atoms. The molecule has 0 amide bonds. The summed E-state index contributed by atoms with van der Waals surface area (Å²) in [5, 5.41) is 7.17. The fourth-order valence-electron chi connectivity index (χ4n) is 2.42. The standard InChI is InChI=1S/C12H16F2N4O2/c1-2-20-9(19)11(3-5-12(13,14)6-4-11)8-7-16-18-10(15)17-8/h7H,2-6H2,1H3,(H2,15,17,18). The number of ether oxygens (including phenoxy) is 1. The van der Waals surface area contributed by atoms with E-state index in [1.807, 2.05) is 0 Å². The molecule has 0 spiro atoms. The molecule has 1 saturated carbocycles. The Hall–Kier alpha value is -1.86. The fourth-order valence-corrected chi connectivity index (χ4v) is 2.42. The van der Waals surface area contributed by atoms with Crippen LogP contribution in [0, 0.1) is 0 Å². The van der Waals surface area contributed by atoms with Gasteiger partial charge in [-0.25, -0.2) is 13.8 Å². The Labute approximate surface area is 114 Å². The minimum atomic E-state index is -2.76. The summed E-state index contributed by atoms with van der Waals surface area (Å²) in [5.74, 6) is -3.42. The maximum Gasteiger partial charge on any atom is 0.318 e. The Morgan fingerprint density at radius 3 is 2.60 bits per heavy atom. The molecule has 0 radical (unpaired) electrons. The molecule has 0 atom stereocenters. The zero-order valence-electron chi connectivity index (χ0n) is 11.1. The Bertz CT molecular complexity index is 500. The normalized spacial score (nSPS) is 20.4. The minimum Gasteiger partial charge on any atom is -0.465 e. The molecule has 1 fully saturated rings. The molecule has 0 aromatic carbocycles. The van der Waals surface area contributed by atoms with Gasteiger partial charge in [0.15, 0.2) is 0 Å². The number of nitrogens with two attached hydrogens (primary N) is 1. The van der Waals surface area contributed by atoms with Gasteiger partial charge in [0.2, 0.25) is 11.9 Å². The molecule has 1 aromatic heterocycles. The van der Waals surface area contributed by atoms with Crippen LogP contribution < -0.4 is 5.73 Å². The lowest BCUT2D eigenvalue weighted by atomic mass is 9.70. The van der Waals surface area contributed by atoms with Crippen LogP contribution in [0.1, 0.15) is 38.3 Å². The second-order valence-corrected chi connectivity index (χ2v) is 4.86. The number of esters is 1. The predicted molar refractivity (Wildman–Crippen MR) is 66.0 cm³/mol. The Balaban J connectivity index is 2.38. The van der Waals surface area contributed by atoms with E-state index in [1.165, 1.54) is 6.20 Å². The molecule has 2 rings (SSSR count). The Morgan fingerprint density at radius 2 is 2.05 bits per heavy atom. The van der Waals surface area contributed by atoms with Crippen LogP contribution in [0.25, 0.3) is 0 Å². The van der Waals surface area contributed by atoms with Gasteiger partial charge in [-0.15, -0.1) is 5.10 Å². The summed E-state index contributed by atoms with van der Waals surface area (Å²) in [5.41, 5.74) is 4.51. The molecule has 6 nitrogen and oxygen atoms in total. The smallest absolute Gasteiger partial charge is 0.318 e. The molecular weight excluding hydrogens is 270 g/mol. The van der Waals surface area contributed by atoms with Crippen molar-refractivity contribution in [3.8, 4) is 0 Å². The third-order valence-electron chi connectivity index (χ3n) is 3.57. The molecule has 1 aliphatic rings. The van der Waals surface area contributed by atoms with E-state index < -0.39 is 30.1 Å². The average Bonchev–Trinajstić information content (AvgIpc) is 2.39. The molecule has 1 aliphatic carbocycles. The van der Waals surface area contributed by atoms with Crippen LogP contribution in [0.5, 0.6) is 0 Å². The van der Waals surface area contributed by atoms with Crippen LogP contribution in [0.4, 0.5) is 14.7 Å². The van der Waals surface area contributed by atoms with Gasteiger partial charge in [0.1, 0.15) is 5.41 Å². The Kier molecular flexibility index (Phi) is 3.82. The van der Waals surface area contributed by atoms with Gasteiger partial charge in [-0.3, -0.25) is 4.79 Å². The van der Waals surface area contributed by atoms with Crippen molar-refractivity contribution in [1.29, 1.82) is 0 Å². The van der Waals surface area contributed by atoms with Gasteiger partial charge in [0.25, 0.3) is 0 Å². The molecule has 2 N–H and O–H groups in total. The van der Waals surface area contributed by atoms with Crippen LogP contribution in [0.15, 0.2) is 6.20 Å². The van der Waals surface area contributed by atoms with Gasteiger partial charge in [-0.1, -0.05) is 0 Å². The van der Waals surface area contributed by atoms with E-state index in [0.717, 1.165) is 0 Å². The summed E-state index contributed by atoms with van der Waals surface area (Å²) in [7, 11) is 0. The highest BCUT2D eigenvalue weighted by Crippen LogP contribution is 2.45. The number of carbonyl (C=O) groups excluding carboxylic acids is 1. The predicted octanol–water partition coefficient (Wildman–Crippen LogP) is 1.46. The largest absolute Gasteiger partial charge is 0.465 e. The molecule has 0 aliphatic heterocycles. The zero-order valence-corrected chi connectivity index (χ0v) is 11.1. The first-order valence-electron chi connectivity index (χ1n) is 6.40. The molecule has 1 heterocycles. The summed E-state index contributed by atoms with van der Waals surface area (Å²) in [6.07, 6.45) is 0.413. The Morgan fingerprint density at radius 1 is 1.40 bits per heavy atom. The van der Waals surface area contributed by atoms with Gasteiger partial charge >= 0.3 is 5.97 Å². The number of anilines is 1. The summed E-state index contributed by atoms with van der Waals surface area (Å²) in [6, 6.07) is 0. The third-order valence-corrected chi connectivity index (χ3v) is 3.57. The van der Waals surface area contributed by atoms with Gasteiger partial charge in [0, 0.05) is 12.8 Å². The van der Waals surface area contributed by atoms with Gasteiger partial charge < -0.3 is 10.5 Å². The maximum absolute atomic E-state index is 13.4. The number of alkyl halides is 2. The van der Waals surface area contributed by atoms with Crippen LogP contribution in [0.3, 0.4) is 0 Å². The topological polar surface area (TPSA) is 91.0 Å². The molecule has 110 valence electrons. The van der Waals surface area contributed by atoms with Gasteiger partial charge in [0.05, 0.1) is 18.5 Å². The van der Waals surface area contributed by atoms with E-state index in [9.17, 15) is 13.6 Å². The maximum atomic E-state index is 13.4. The highest BCUT2D eigenvalue weighted by molar-refractivity contribution is 5.82. The lowest BCUT2D eigenvalue weighted by Crippen LogP contribution is -2.44. The van der Waals surface area contributed by atoms with E-state index >= 15 is 0 Å². The first kappa shape index (κ1) is 14.5. The van der Waals surface area contributed by atoms with Crippen molar-refractivity contribution in [3.05, 3.63) is 11.9 Å². The van der Waals surface area contributed by atoms with Crippen molar-refractivity contribution in [2.24, 2.45) is 0 Å². The first-order valence-corrected chi connectivity index (χ1v) is 6.40. The molecule has 0 saturated heterocycles. The van der Waals surface area contributed by atoms with E-state index in [0.29, 0.717) is 0 Å². The van der Waals surface area contributed by atoms with Gasteiger partial charge in [-0.2, -0.15) is 5.10 Å². The van der Waals surface area contributed by atoms with Crippen molar-refractivity contribution < 1.29 is 18.3 Å². The van der Waals surface area contributed by atoms with E-state index in [2.05, 4.69) is 15.2 Å². The second-order valence-electron chi connectivity index (χ2n) is 4.86. The number of aromatic nitrogens is 3. The van der Waals surface area contributed by atoms with E-state index in [4.69, 9.17) is 10.5 Å². The highest BCUT2D eigenvalue weighted by Gasteiger charge is 2.51. The molecular formula is C12H16F2N4O2. The number of hydrogen-bond donors (Lipinski definition) is 1. The zero-order chi connectivity index (χ0) is 14.8. The molecule has 0 bridgehead atoms. The van der Waals surface area contributed by atoms with Crippen molar-refractivity contribution >= 4 is 11.9 Å². The SMILES string of the molecule is CCOC(=O)C1(c2cnnc(N)n2)CCC(F)(F)CC1. The van der Waals surface area contributed by atoms with Crippen LogP contribution in [-0.2, 0) is 14.9 Å². The quantitative estimate of drug-likeness (QED) is 0.846. The summed E-state index contributed by atoms with van der Waals surface area (Å²) >= 11 is 0. The second kappa shape index (κ2) is 5.26.